The van der Waals surface area contributed by atoms with E-state index in [2.05, 4.69) is 63.1 Å². The summed E-state index contributed by atoms with van der Waals surface area (Å²) in [5, 5.41) is 60.4. The Morgan fingerprint density at radius 1 is 0.645 bits per heavy atom. The van der Waals surface area contributed by atoms with E-state index in [1.807, 2.05) is 36.4 Å². The van der Waals surface area contributed by atoms with Crippen molar-refractivity contribution in [3.8, 4) is 11.5 Å². The zero-order valence-electron chi connectivity index (χ0n) is 63.6. The number of carbonyl (C=O) groups is 12. The van der Waals surface area contributed by atoms with Gasteiger partial charge in [-0.15, -0.1) is 0 Å². The number of rotatable bonds is 10. The molecule has 0 aliphatic carbocycles. The molecule has 12 amide bonds. The molecule has 0 saturated carbocycles. The standard InChI is InChI=1S/C79H106N14O15S2/c1-9-19-56-69(101)91-79(8)34-15-13-11-10-12-14-33-78(7,75(107)83-46(2)67(99)85-57(68(100)84-56)39-48-24-28-53(95)29-25-48)92-70(102)58(41-52-42-82-66-55(52)22-17-35-81-66)86-72(104)63(47(3)94)90-71(103)61-23-18-36-93(61)74(106)59(40-49-26-30-54(96)31-27-49)87-73(105)64(77(4,5)6)89-62(97)32-37-109-43-50-20-16-21-51(38-50)44-110-45-60(65(80)98)88-76(79)108/h10-11,16-17,20-22,24-31,35,38,42,46-47,56-61,63-64,94-96H,9,12-15,18-19,23,32-34,36-37,39-41,43-45H2,1-8H3,(H2,80,98)(H,81,82)(H,83,107)(H,84,100)(H,85,99)(H,86,104)(H,87,105)(H,88,108)(H,89,97)(H,90,103)(H,91,101)(H,92,102)/b11-10-/t46-,47+,56-,57-,58-,59-,60-,61-,63-,64+,78-,79-/m0/s1. The Morgan fingerprint density at radius 2 is 1.21 bits per heavy atom. The highest BCUT2D eigenvalue weighted by molar-refractivity contribution is 7.98. The Labute approximate surface area is 649 Å². The lowest BCUT2D eigenvalue weighted by atomic mass is 9.85. The first-order valence-electron chi connectivity index (χ1n) is 37.4. The number of pyridine rings is 1. The molecule has 1 fully saturated rings. The van der Waals surface area contributed by atoms with Crippen molar-refractivity contribution in [2.45, 2.75) is 228 Å². The summed E-state index contributed by atoms with van der Waals surface area (Å²) >= 11 is 2.82. The average molecular weight is 1560 g/mol. The summed E-state index contributed by atoms with van der Waals surface area (Å²) in [6.07, 6.45) is 6.66. The quantitative estimate of drug-likeness (QED) is 0.0883. The summed E-state index contributed by atoms with van der Waals surface area (Å²) in [6, 6.07) is 10.5. The lowest BCUT2D eigenvalue weighted by Crippen LogP contribution is -2.65. The van der Waals surface area contributed by atoms with E-state index in [4.69, 9.17) is 5.73 Å². The number of hydrogen-bond acceptors (Lipinski definition) is 18. The number of H-pyrrole nitrogens is 1. The van der Waals surface area contributed by atoms with E-state index in [9.17, 15) is 58.5 Å². The molecule has 3 aliphatic rings. The molecule has 0 radical (unpaired) electrons. The van der Waals surface area contributed by atoms with E-state index in [1.165, 1.54) is 92.5 Å². The van der Waals surface area contributed by atoms with E-state index in [0.29, 0.717) is 77.1 Å². The molecule has 8 rings (SSSR count). The summed E-state index contributed by atoms with van der Waals surface area (Å²) < 4.78 is 0. The molecule has 2 aromatic heterocycles. The number of nitrogens with zero attached hydrogens (tertiary/aromatic N) is 2. The van der Waals surface area contributed by atoms with Crippen molar-refractivity contribution in [1.29, 1.82) is 0 Å². The van der Waals surface area contributed by atoms with Gasteiger partial charge in [-0.3, -0.25) is 57.5 Å². The minimum absolute atomic E-state index is 0.0133. The van der Waals surface area contributed by atoms with Crippen LogP contribution in [0.25, 0.3) is 11.0 Å². The van der Waals surface area contributed by atoms with Crippen LogP contribution in [0.1, 0.15) is 154 Å². The SMILES string of the molecule is CCC[C@@H]1NC(=O)[C@H](Cc2ccc(O)cc2)NC(=O)[C@H](C)NC(=O)[C@]2(C)CCC/C=C\CCC[C@](C)(NC1=O)C(=O)N[C@H](C(N)=O)CSCc1cccc(c1)CSCCC(=O)N[C@@H](C(C)(C)C)C(=O)N[C@@H](Cc1ccc(O)cc1)C(=O)N1CCC[C@H]1C(=O)N[C@@H]([C@@H](C)O)C(=O)N[C@@H](Cc1c[nH]c3ncccc13)C(=O)N2. The number of nitrogens with one attached hydrogen (secondary N) is 11. The van der Waals surface area contributed by atoms with E-state index in [-0.39, 0.29) is 81.6 Å². The highest BCUT2D eigenvalue weighted by atomic mass is 32.2. The fraction of sp³-hybridized carbons (Fsp3) is 0.506. The van der Waals surface area contributed by atoms with Gasteiger partial charge in [0.05, 0.1) is 6.10 Å². The van der Waals surface area contributed by atoms with E-state index in [1.54, 1.807) is 64.4 Å². The van der Waals surface area contributed by atoms with Crippen LogP contribution < -0.4 is 58.9 Å². The number of amides is 12. The van der Waals surface area contributed by atoms with Crippen molar-refractivity contribution in [3.63, 3.8) is 0 Å². The predicted octanol–water partition coefficient (Wildman–Crippen LogP) is 3.83. The molecule has 3 aromatic carbocycles. The molecule has 5 heterocycles. The van der Waals surface area contributed by atoms with Gasteiger partial charge in [0.15, 0.2) is 0 Å². The number of carbonyl (C=O) groups excluding carboxylic acids is 12. The van der Waals surface area contributed by atoms with Crippen LogP contribution in [0.15, 0.2) is 109 Å². The molecule has 0 unspecified atom stereocenters. The normalized spacial score (nSPS) is 26.7. The van der Waals surface area contributed by atoms with Gasteiger partial charge in [-0.2, -0.15) is 23.5 Å². The molecule has 16 N–H and O–H groups in total. The highest BCUT2D eigenvalue weighted by Gasteiger charge is 2.45. The van der Waals surface area contributed by atoms with Gasteiger partial charge in [0.25, 0.3) is 0 Å². The second-order valence-corrected chi connectivity index (χ2v) is 32.3. The third-order valence-corrected chi connectivity index (χ3v) is 22.0. The molecule has 5 aromatic rings. The minimum Gasteiger partial charge on any atom is -0.508 e. The number of benzene rings is 3. The van der Waals surface area contributed by atoms with Crippen LogP contribution in [0.5, 0.6) is 11.5 Å². The Kier molecular flexibility index (Phi) is 30.8. The first-order valence-corrected chi connectivity index (χ1v) is 39.8. The number of allylic oxidation sites excluding steroid dienone is 2. The number of aromatic amines is 1. The second-order valence-electron chi connectivity index (χ2n) is 30.1. The Hall–Kier alpha value is -10.0. The van der Waals surface area contributed by atoms with Gasteiger partial charge in [0.1, 0.15) is 82.6 Å². The minimum atomic E-state index is -1.89. The van der Waals surface area contributed by atoms with Crippen molar-refractivity contribution in [2.24, 2.45) is 11.1 Å². The summed E-state index contributed by atoms with van der Waals surface area (Å²) in [5.74, 6) is -8.27. The zero-order valence-corrected chi connectivity index (χ0v) is 65.3. The first kappa shape index (κ1) is 85.6. The number of phenols is 2. The van der Waals surface area contributed by atoms with Gasteiger partial charge >= 0.3 is 0 Å². The van der Waals surface area contributed by atoms with Crippen molar-refractivity contribution >= 4 is 105 Å². The van der Waals surface area contributed by atoms with Crippen LogP contribution >= 0.6 is 23.5 Å². The molecule has 31 heteroatoms. The van der Waals surface area contributed by atoms with Gasteiger partial charge in [0, 0.05) is 73.0 Å². The average Bonchev–Trinajstić information content (AvgIpc) is 1.50. The van der Waals surface area contributed by atoms with E-state index in [0.717, 1.165) is 11.1 Å². The smallest absolute Gasteiger partial charge is 0.246 e. The maximum atomic E-state index is 15.4. The molecule has 0 spiro atoms. The molecular weight excluding hydrogens is 1450 g/mol. The summed E-state index contributed by atoms with van der Waals surface area (Å²) in [5.41, 5.74) is 5.24. The number of hydrogen-bond donors (Lipinski definition) is 15. The maximum absolute atomic E-state index is 15.4. The van der Waals surface area contributed by atoms with E-state index >= 15 is 14.4 Å². The van der Waals surface area contributed by atoms with Crippen LogP contribution in [0.2, 0.25) is 0 Å². The fourth-order valence-corrected chi connectivity index (χ4v) is 15.3. The summed E-state index contributed by atoms with van der Waals surface area (Å²) in [4.78, 5) is 185. The molecule has 1 saturated heterocycles. The number of aliphatic hydroxyl groups is 1. The van der Waals surface area contributed by atoms with Crippen molar-refractivity contribution < 1.29 is 72.9 Å². The molecule has 594 valence electrons. The monoisotopic (exact) mass is 1550 g/mol. The molecule has 4 bridgehead atoms. The topological polar surface area (TPSA) is 444 Å². The number of phenolic OH excluding ortho intramolecular Hbond substituents is 2. The van der Waals surface area contributed by atoms with Crippen molar-refractivity contribution in [1.82, 2.24) is 68.0 Å². The number of aliphatic hydroxyl groups excluding tert-OH is 1. The largest absolute Gasteiger partial charge is 0.508 e. The van der Waals surface area contributed by atoms with Crippen LogP contribution in [-0.4, -0.2) is 191 Å². The molecular formula is C79H106N14O15S2. The van der Waals surface area contributed by atoms with Gasteiger partial charge < -0.3 is 84.1 Å². The lowest BCUT2D eigenvalue weighted by Gasteiger charge is -2.34. The Balaban J connectivity index is 1.16. The number of aromatic hydroxyl groups is 2. The van der Waals surface area contributed by atoms with Crippen LogP contribution in [0.3, 0.4) is 0 Å². The number of thioether (sulfide) groups is 2. The van der Waals surface area contributed by atoms with Crippen molar-refractivity contribution in [2.75, 3.05) is 18.1 Å². The number of aromatic nitrogens is 2. The maximum Gasteiger partial charge on any atom is 0.246 e. The van der Waals surface area contributed by atoms with E-state index < -0.39 is 148 Å². The van der Waals surface area contributed by atoms with Crippen LogP contribution in [0, 0.1) is 5.41 Å². The highest BCUT2D eigenvalue weighted by Crippen LogP contribution is 2.28. The molecule has 29 nitrogen and oxygen atoms in total. The Bertz CT molecular complexity index is 4130. The Morgan fingerprint density at radius 3 is 1.81 bits per heavy atom. The molecule has 12 atom stereocenters. The van der Waals surface area contributed by atoms with Crippen LogP contribution in [0.4, 0.5) is 0 Å². The molecule has 3 aliphatic heterocycles. The third kappa shape index (κ3) is 24.2. The van der Waals surface area contributed by atoms with Gasteiger partial charge in [0.2, 0.25) is 70.9 Å². The van der Waals surface area contributed by atoms with Gasteiger partial charge in [-0.1, -0.05) is 94.8 Å². The van der Waals surface area contributed by atoms with Crippen LogP contribution in [-0.2, 0) is 88.3 Å². The van der Waals surface area contributed by atoms with Gasteiger partial charge in [-0.25, -0.2) is 4.98 Å². The predicted molar refractivity (Wildman–Crippen MR) is 418 cm³/mol. The van der Waals surface area contributed by atoms with Gasteiger partial charge in [-0.05, 0) is 155 Å². The fourth-order valence-electron chi connectivity index (χ4n) is 13.4. The zero-order chi connectivity index (χ0) is 80.0. The number of nitrogens with two attached hydrogens (primary N) is 1. The number of primary amides is 1. The summed E-state index contributed by atoms with van der Waals surface area (Å²) in [7, 11) is 0. The lowest BCUT2D eigenvalue weighted by molar-refractivity contribution is -0.143. The van der Waals surface area contributed by atoms with Crippen molar-refractivity contribution in [3.05, 3.63) is 137 Å². The summed E-state index contributed by atoms with van der Waals surface area (Å²) in [6.45, 7) is 12.7. The molecule has 110 heavy (non-hydrogen) atoms. The second kappa shape index (κ2) is 39.6. The first-order chi connectivity index (χ1) is 52.2. The number of fused-ring (bicyclic) bond motifs is 12. The third-order valence-electron chi connectivity index (χ3n) is 19.9.